The molecule has 0 unspecified atom stereocenters. The number of hydrogen-bond acceptors (Lipinski definition) is 7. The first-order chi connectivity index (χ1) is 15.0. The number of nitrogens with one attached hydrogen (secondary N) is 1. The number of aryl methyl sites for hydroxylation is 2. The smallest absolute Gasteiger partial charge is 0.223 e. The van der Waals surface area contributed by atoms with Gasteiger partial charge in [0.25, 0.3) is 0 Å². The number of carbonyl (C=O) groups excluding carboxylic acids is 1. The normalized spacial score (nSPS) is 16.1. The number of anilines is 2. The maximum absolute atomic E-state index is 12.9. The first-order valence-corrected chi connectivity index (χ1v) is 10.8. The van der Waals surface area contributed by atoms with Crippen molar-refractivity contribution in [2.24, 2.45) is 0 Å². The number of amides is 1. The molecule has 3 aromatic heterocycles. The van der Waals surface area contributed by atoms with Crippen LogP contribution in [0.2, 0.25) is 0 Å². The molecule has 4 rings (SSSR count). The Hall–Kier alpha value is -3.29. The van der Waals surface area contributed by atoms with Crippen LogP contribution in [0.1, 0.15) is 68.2 Å². The molecular weight excluding hydrogens is 392 g/mol. The van der Waals surface area contributed by atoms with Gasteiger partial charge in [-0.15, -0.1) is 10.2 Å². The van der Waals surface area contributed by atoms with Crippen molar-refractivity contribution in [1.82, 2.24) is 25.1 Å². The van der Waals surface area contributed by atoms with Gasteiger partial charge < -0.3 is 14.6 Å². The summed E-state index contributed by atoms with van der Waals surface area (Å²) in [7, 11) is 0. The zero-order valence-corrected chi connectivity index (χ0v) is 18.2. The predicted molar refractivity (Wildman–Crippen MR) is 117 cm³/mol. The molecule has 1 N–H and O–H groups in total. The van der Waals surface area contributed by atoms with E-state index in [2.05, 4.69) is 25.5 Å². The molecule has 4 heterocycles. The summed E-state index contributed by atoms with van der Waals surface area (Å²) in [5, 5.41) is 11.4. The molecule has 1 aliphatic heterocycles. The van der Waals surface area contributed by atoms with Crippen LogP contribution in [-0.4, -0.2) is 37.5 Å². The van der Waals surface area contributed by atoms with Crippen LogP contribution in [0.5, 0.6) is 0 Å². The van der Waals surface area contributed by atoms with Crippen molar-refractivity contribution >= 4 is 17.4 Å². The Kier molecular flexibility index (Phi) is 6.25. The van der Waals surface area contributed by atoms with Crippen molar-refractivity contribution in [2.75, 3.05) is 11.9 Å². The molecule has 1 aliphatic rings. The lowest BCUT2D eigenvalue weighted by Gasteiger charge is -2.24. The zero-order chi connectivity index (χ0) is 21.8. The van der Waals surface area contributed by atoms with E-state index in [-0.39, 0.29) is 17.9 Å². The molecule has 31 heavy (non-hydrogen) atoms. The van der Waals surface area contributed by atoms with E-state index in [1.54, 1.807) is 6.20 Å². The fourth-order valence-electron chi connectivity index (χ4n) is 3.77. The third kappa shape index (κ3) is 5.07. The van der Waals surface area contributed by atoms with Gasteiger partial charge in [-0.3, -0.25) is 9.78 Å². The third-order valence-corrected chi connectivity index (χ3v) is 5.39. The van der Waals surface area contributed by atoms with Gasteiger partial charge in [0.15, 0.2) is 0 Å². The number of nitrogens with zero attached hydrogens (tertiary/aromatic N) is 5. The summed E-state index contributed by atoms with van der Waals surface area (Å²) in [6.45, 7) is 6.71. The quantitative estimate of drug-likeness (QED) is 0.607. The van der Waals surface area contributed by atoms with Crippen molar-refractivity contribution in [3.05, 3.63) is 59.7 Å². The molecule has 0 aliphatic carbocycles. The van der Waals surface area contributed by atoms with E-state index in [0.29, 0.717) is 24.6 Å². The highest BCUT2D eigenvalue weighted by molar-refractivity contribution is 5.77. The summed E-state index contributed by atoms with van der Waals surface area (Å²) in [6.07, 6.45) is 4.51. The van der Waals surface area contributed by atoms with E-state index in [1.807, 2.05) is 56.0 Å². The van der Waals surface area contributed by atoms with Gasteiger partial charge in [0, 0.05) is 31.0 Å². The van der Waals surface area contributed by atoms with Gasteiger partial charge >= 0.3 is 0 Å². The van der Waals surface area contributed by atoms with Crippen LogP contribution in [0.15, 0.2) is 40.9 Å². The van der Waals surface area contributed by atoms with Crippen LogP contribution < -0.4 is 5.32 Å². The summed E-state index contributed by atoms with van der Waals surface area (Å²) in [4.78, 5) is 23.9. The number of rotatable bonds is 7. The van der Waals surface area contributed by atoms with Crippen LogP contribution in [0.25, 0.3) is 0 Å². The van der Waals surface area contributed by atoms with Crippen molar-refractivity contribution in [3.63, 3.8) is 0 Å². The zero-order valence-electron chi connectivity index (χ0n) is 18.2. The topological polar surface area (TPSA) is 97.0 Å². The van der Waals surface area contributed by atoms with Gasteiger partial charge in [0.2, 0.25) is 17.7 Å². The Morgan fingerprint density at radius 1 is 1.26 bits per heavy atom. The fraction of sp³-hybridized carbons (Fsp3) is 0.435. The lowest BCUT2D eigenvalue weighted by atomic mass is 10.1. The molecule has 0 aromatic carbocycles. The van der Waals surface area contributed by atoms with Gasteiger partial charge in [-0.05, 0) is 44.0 Å². The molecule has 1 fully saturated rings. The largest absolute Gasteiger partial charge is 0.425 e. The minimum atomic E-state index is 0.00700. The molecule has 0 radical (unpaired) electrons. The van der Waals surface area contributed by atoms with Crippen LogP contribution in [-0.2, 0) is 11.2 Å². The lowest BCUT2D eigenvalue weighted by Crippen LogP contribution is -2.31. The van der Waals surface area contributed by atoms with Gasteiger partial charge in [-0.25, -0.2) is 4.98 Å². The maximum atomic E-state index is 12.9. The molecule has 1 amide bonds. The minimum absolute atomic E-state index is 0.00700. The summed E-state index contributed by atoms with van der Waals surface area (Å²) in [6, 6.07) is 9.83. The van der Waals surface area contributed by atoms with E-state index in [0.717, 1.165) is 42.3 Å². The van der Waals surface area contributed by atoms with Crippen molar-refractivity contribution < 1.29 is 9.21 Å². The van der Waals surface area contributed by atoms with E-state index in [1.165, 1.54) is 0 Å². The van der Waals surface area contributed by atoms with Crippen LogP contribution >= 0.6 is 0 Å². The third-order valence-electron chi connectivity index (χ3n) is 5.39. The second kappa shape index (κ2) is 9.24. The Balaban J connectivity index is 1.37. The predicted octanol–water partition coefficient (Wildman–Crippen LogP) is 4.33. The number of pyridine rings is 2. The minimum Gasteiger partial charge on any atom is -0.425 e. The van der Waals surface area contributed by atoms with Crippen molar-refractivity contribution in [2.45, 2.75) is 58.4 Å². The Bertz CT molecular complexity index is 1030. The molecule has 8 nitrogen and oxygen atoms in total. The van der Waals surface area contributed by atoms with Crippen LogP contribution in [0.3, 0.4) is 0 Å². The fourth-order valence-corrected chi connectivity index (χ4v) is 3.77. The standard InChI is InChI=1S/C23H28N6O2/c1-15(2)23-28-27-21(31-23)11-12-22(30)29-13-5-7-19(29)18-10-9-17(14-24-18)26-20-8-4-6-16(3)25-20/h4,6,8-10,14-15,19H,5,7,11-13H2,1-3H3,(H,25,26)/t19-/m1/s1. The van der Waals surface area contributed by atoms with E-state index < -0.39 is 0 Å². The number of carbonyl (C=O) groups is 1. The Labute approximate surface area is 182 Å². The Morgan fingerprint density at radius 2 is 2.13 bits per heavy atom. The molecule has 1 atom stereocenters. The molecular formula is C23H28N6O2. The maximum Gasteiger partial charge on any atom is 0.223 e. The van der Waals surface area contributed by atoms with Crippen molar-refractivity contribution in [3.8, 4) is 0 Å². The van der Waals surface area contributed by atoms with Gasteiger partial charge in [-0.2, -0.15) is 0 Å². The molecule has 8 heteroatoms. The average molecular weight is 421 g/mol. The highest BCUT2D eigenvalue weighted by Crippen LogP contribution is 2.32. The van der Waals surface area contributed by atoms with Gasteiger partial charge in [-0.1, -0.05) is 19.9 Å². The summed E-state index contributed by atoms with van der Waals surface area (Å²) in [5.74, 6) is 2.20. The highest BCUT2D eigenvalue weighted by atomic mass is 16.4. The molecule has 1 saturated heterocycles. The first-order valence-electron chi connectivity index (χ1n) is 10.8. The first kappa shape index (κ1) is 21.0. The number of hydrogen-bond donors (Lipinski definition) is 1. The lowest BCUT2D eigenvalue weighted by molar-refractivity contribution is -0.132. The molecule has 3 aromatic rings. The molecule has 0 bridgehead atoms. The summed E-state index contributed by atoms with van der Waals surface area (Å²) in [5.41, 5.74) is 2.74. The van der Waals surface area contributed by atoms with E-state index >= 15 is 0 Å². The summed E-state index contributed by atoms with van der Waals surface area (Å²) < 4.78 is 5.62. The average Bonchev–Trinajstić information content (AvgIpc) is 3.43. The second-order valence-corrected chi connectivity index (χ2v) is 8.19. The van der Waals surface area contributed by atoms with Crippen LogP contribution in [0.4, 0.5) is 11.5 Å². The molecule has 162 valence electrons. The summed E-state index contributed by atoms with van der Waals surface area (Å²) >= 11 is 0. The second-order valence-electron chi connectivity index (χ2n) is 8.19. The van der Waals surface area contributed by atoms with Gasteiger partial charge in [0.05, 0.1) is 23.6 Å². The van der Waals surface area contributed by atoms with Crippen molar-refractivity contribution in [1.29, 1.82) is 0 Å². The molecule has 0 spiro atoms. The molecule has 0 saturated carbocycles. The number of aromatic nitrogens is 4. The SMILES string of the molecule is Cc1cccc(Nc2ccc([C@H]3CCCN3C(=O)CCc3nnc(C(C)C)o3)nc2)n1. The Morgan fingerprint density at radius 3 is 2.84 bits per heavy atom. The number of likely N-dealkylation sites (tertiary alicyclic amines) is 1. The van der Waals surface area contributed by atoms with Gasteiger partial charge in [0.1, 0.15) is 5.82 Å². The highest BCUT2D eigenvalue weighted by Gasteiger charge is 2.30. The van der Waals surface area contributed by atoms with E-state index in [9.17, 15) is 4.79 Å². The van der Waals surface area contributed by atoms with E-state index in [4.69, 9.17) is 4.42 Å². The monoisotopic (exact) mass is 420 g/mol. The van der Waals surface area contributed by atoms with Crippen LogP contribution in [0, 0.1) is 6.92 Å².